The topological polar surface area (TPSA) is 57.6 Å². The van der Waals surface area contributed by atoms with Crippen molar-refractivity contribution >= 4 is 23.2 Å². The lowest BCUT2D eigenvalue weighted by atomic mass is 9.97. The smallest absolute Gasteiger partial charge is 0.308 e. The largest absolute Gasteiger partial charge is 0.481 e. The number of aliphatic carboxylic acids is 1. The highest BCUT2D eigenvalue weighted by atomic mass is 32.1. The van der Waals surface area contributed by atoms with E-state index in [1.165, 1.54) is 11.3 Å². The normalized spacial score (nSPS) is 20.3. The van der Waals surface area contributed by atoms with Gasteiger partial charge in [-0.1, -0.05) is 0 Å². The predicted molar refractivity (Wildman–Crippen MR) is 65.3 cm³/mol. The molecule has 5 heteroatoms. The summed E-state index contributed by atoms with van der Waals surface area (Å²) in [6, 6.07) is 0. The number of piperidine rings is 1. The Morgan fingerprint density at radius 2 is 2.24 bits per heavy atom. The Kier molecular flexibility index (Phi) is 3.47. The van der Waals surface area contributed by atoms with Gasteiger partial charge in [-0.2, -0.15) is 11.3 Å². The maximum absolute atomic E-state index is 12.2. The van der Waals surface area contributed by atoms with Crippen LogP contribution in [-0.2, 0) is 4.79 Å². The summed E-state index contributed by atoms with van der Waals surface area (Å²) in [4.78, 5) is 24.8. The zero-order valence-corrected chi connectivity index (χ0v) is 10.5. The number of likely N-dealkylation sites (tertiary alicyclic amines) is 1. The first kappa shape index (κ1) is 12.1. The van der Waals surface area contributed by atoms with Gasteiger partial charge in [0, 0.05) is 18.5 Å². The fraction of sp³-hybridized carbons (Fsp3) is 0.500. The van der Waals surface area contributed by atoms with Gasteiger partial charge < -0.3 is 10.0 Å². The van der Waals surface area contributed by atoms with Crippen molar-refractivity contribution in [3.05, 3.63) is 21.9 Å². The second-order valence-corrected chi connectivity index (χ2v) is 5.14. The van der Waals surface area contributed by atoms with Crippen LogP contribution in [0.2, 0.25) is 0 Å². The Morgan fingerprint density at radius 3 is 2.82 bits per heavy atom. The highest BCUT2D eigenvalue weighted by Gasteiger charge is 2.29. The first-order chi connectivity index (χ1) is 8.09. The molecule has 1 amide bonds. The summed E-state index contributed by atoms with van der Waals surface area (Å²) in [5.41, 5.74) is 1.68. The molecule has 0 saturated carbocycles. The minimum atomic E-state index is -0.801. The summed E-state index contributed by atoms with van der Waals surface area (Å²) >= 11 is 1.50. The Morgan fingerprint density at radius 1 is 1.47 bits per heavy atom. The third-order valence-electron chi connectivity index (χ3n) is 3.14. The SMILES string of the molecule is Cc1cscc1C(=O)N1CCC[C@@H](C(=O)O)C1. The molecule has 0 aliphatic carbocycles. The summed E-state index contributed by atoms with van der Waals surface area (Å²) in [6.07, 6.45) is 1.44. The number of rotatable bonds is 2. The van der Waals surface area contributed by atoms with Gasteiger partial charge in [0.2, 0.25) is 0 Å². The molecular formula is C12H15NO3S. The third kappa shape index (κ3) is 2.49. The van der Waals surface area contributed by atoms with E-state index in [-0.39, 0.29) is 5.91 Å². The number of aryl methyl sites for hydroxylation is 1. The number of hydrogen-bond acceptors (Lipinski definition) is 3. The second-order valence-electron chi connectivity index (χ2n) is 4.40. The first-order valence-corrected chi connectivity index (χ1v) is 6.58. The molecule has 1 saturated heterocycles. The molecule has 0 spiro atoms. The second kappa shape index (κ2) is 4.87. The molecular weight excluding hydrogens is 238 g/mol. The van der Waals surface area contributed by atoms with Crippen molar-refractivity contribution in [1.82, 2.24) is 4.90 Å². The quantitative estimate of drug-likeness (QED) is 0.877. The van der Waals surface area contributed by atoms with E-state index in [4.69, 9.17) is 5.11 Å². The van der Waals surface area contributed by atoms with Gasteiger partial charge in [-0.25, -0.2) is 0 Å². The van der Waals surface area contributed by atoms with Crippen LogP contribution >= 0.6 is 11.3 Å². The molecule has 1 N–H and O–H groups in total. The molecule has 1 fully saturated rings. The number of carboxylic acids is 1. The molecule has 1 atom stereocenters. The summed E-state index contributed by atoms with van der Waals surface area (Å²) in [5, 5.41) is 12.8. The van der Waals surface area contributed by atoms with Gasteiger partial charge >= 0.3 is 5.97 Å². The average Bonchev–Trinajstić information content (AvgIpc) is 2.74. The third-order valence-corrected chi connectivity index (χ3v) is 4.01. The molecule has 0 radical (unpaired) electrons. The lowest BCUT2D eigenvalue weighted by Crippen LogP contribution is -2.42. The van der Waals surface area contributed by atoms with Gasteiger partial charge in [-0.05, 0) is 30.7 Å². The predicted octanol–water partition coefficient (Wildman–Crippen LogP) is 1.99. The lowest BCUT2D eigenvalue weighted by molar-refractivity contribution is -0.143. The molecule has 0 aromatic carbocycles. The van der Waals surface area contributed by atoms with Crippen LogP contribution < -0.4 is 0 Å². The fourth-order valence-corrected chi connectivity index (χ4v) is 2.94. The van der Waals surface area contributed by atoms with Crippen molar-refractivity contribution < 1.29 is 14.7 Å². The van der Waals surface area contributed by atoms with Gasteiger partial charge in [0.25, 0.3) is 5.91 Å². The van der Waals surface area contributed by atoms with E-state index in [1.807, 2.05) is 17.7 Å². The molecule has 1 aliphatic rings. The summed E-state index contributed by atoms with van der Waals surface area (Å²) in [6.45, 7) is 2.91. The zero-order valence-electron chi connectivity index (χ0n) is 9.68. The van der Waals surface area contributed by atoms with Gasteiger partial charge in [-0.3, -0.25) is 9.59 Å². The van der Waals surface area contributed by atoms with Crippen molar-refractivity contribution in [1.29, 1.82) is 0 Å². The Balaban J connectivity index is 2.10. The fourth-order valence-electron chi connectivity index (χ4n) is 2.11. The minimum absolute atomic E-state index is 0.0327. The van der Waals surface area contributed by atoms with Crippen LogP contribution in [-0.4, -0.2) is 35.0 Å². The van der Waals surface area contributed by atoms with E-state index in [0.717, 1.165) is 12.0 Å². The van der Waals surface area contributed by atoms with Gasteiger partial charge in [0.1, 0.15) is 0 Å². The van der Waals surface area contributed by atoms with Gasteiger partial charge in [0.15, 0.2) is 0 Å². The van der Waals surface area contributed by atoms with E-state index in [2.05, 4.69) is 0 Å². The van der Waals surface area contributed by atoms with Crippen LogP contribution in [0.1, 0.15) is 28.8 Å². The Bertz CT molecular complexity index is 441. The minimum Gasteiger partial charge on any atom is -0.481 e. The van der Waals surface area contributed by atoms with Crippen molar-refractivity contribution in [3.63, 3.8) is 0 Å². The summed E-state index contributed by atoms with van der Waals surface area (Å²) < 4.78 is 0. The Hall–Kier alpha value is -1.36. The van der Waals surface area contributed by atoms with Crippen molar-refractivity contribution in [2.24, 2.45) is 5.92 Å². The van der Waals surface area contributed by atoms with Crippen molar-refractivity contribution in [3.8, 4) is 0 Å². The molecule has 0 unspecified atom stereocenters. The molecule has 92 valence electrons. The molecule has 2 rings (SSSR count). The summed E-state index contributed by atoms with van der Waals surface area (Å²) in [7, 11) is 0. The molecule has 1 aromatic rings. The maximum Gasteiger partial charge on any atom is 0.308 e. The molecule has 17 heavy (non-hydrogen) atoms. The average molecular weight is 253 g/mol. The first-order valence-electron chi connectivity index (χ1n) is 5.64. The van der Waals surface area contributed by atoms with E-state index < -0.39 is 11.9 Å². The number of thiophene rings is 1. The van der Waals surface area contributed by atoms with E-state index >= 15 is 0 Å². The zero-order chi connectivity index (χ0) is 12.4. The number of hydrogen-bond donors (Lipinski definition) is 1. The van der Waals surface area contributed by atoms with Gasteiger partial charge in [-0.15, -0.1) is 0 Å². The number of carbonyl (C=O) groups excluding carboxylic acids is 1. The van der Waals surface area contributed by atoms with Crippen molar-refractivity contribution in [2.45, 2.75) is 19.8 Å². The van der Waals surface area contributed by atoms with Crippen LogP contribution in [0.4, 0.5) is 0 Å². The summed E-state index contributed by atoms with van der Waals surface area (Å²) in [5.74, 6) is -1.24. The van der Waals surface area contributed by atoms with Crippen LogP contribution in [0.15, 0.2) is 10.8 Å². The molecule has 1 aliphatic heterocycles. The number of carboxylic acid groups (broad SMARTS) is 1. The molecule has 2 heterocycles. The lowest BCUT2D eigenvalue weighted by Gasteiger charge is -2.30. The number of amides is 1. The Labute approximate surface area is 104 Å². The highest BCUT2D eigenvalue weighted by molar-refractivity contribution is 7.08. The van der Waals surface area contributed by atoms with Gasteiger partial charge in [0.05, 0.1) is 11.5 Å². The standard InChI is InChI=1S/C12H15NO3S/c1-8-6-17-7-10(8)11(14)13-4-2-3-9(5-13)12(15)16/h6-7,9H,2-5H2,1H3,(H,15,16)/t9-/m1/s1. The highest BCUT2D eigenvalue weighted by Crippen LogP contribution is 2.21. The van der Waals surface area contributed by atoms with E-state index in [1.54, 1.807) is 4.90 Å². The van der Waals surface area contributed by atoms with Crippen LogP contribution in [0, 0.1) is 12.8 Å². The number of carbonyl (C=O) groups is 2. The van der Waals surface area contributed by atoms with Crippen LogP contribution in [0.3, 0.4) is 0 Å². The monoisotopic (exact) mass is 253 g/mol. The molecule has 4 nitrogen and oxygen atoms in total. The molecule has 1 aromatic heterocycles. The van der Waals surface area contributed by atoms with E-state index in [0.29, 0.717) is 25.1 Å². The van der Waals surface area contributed by atoms with Crippen molar-refractivity contribution in [2.75, 3.05) is 13.1 Å². The maximum atomic E-state index is 12.2. The number of nitrogens with zero attached hydrogens (tertiary/aromatic N) is 1. The van der Waals surface area contributed by atoms with Crippen LogP contribution in [0.5, 0.6) is 0 Å². The molecule has 0 bridgehead atoms. The van der Waals surface area contributed by atoms with Crippen LogP contribution in [0.25, 0.3) is 0 Å². The van der Waals surface area contributed by atoms with E-state index in [9.17, 15) is 9.59 Å².